The molecule has 4 heteroatoms. The standard InChI is InChI=1S/C13H9BrN2O/c14-9-1-2-12-10(6-9)11(13(17)16-12)5-8-3-4-15-7-8/h1-7,15H,(H,16,17)/b11-5-. The van der Waals surface area contributed by atoms with Gasteiger partial charge in [0.15, 0.2) is 0 Å². The largest absolute Gasteiger partial charge is 0.367 e. The number of H-pyrrole nitrogens is 1. The number of nitrogens with one attached hydrogen (secondary N) is 2. The van der Waals surface area contributed by atoms with Gasteiger partial charge in [0.25, 0.3) is 5.91 Å². The van der Waals surface area contributed by atoms with Gasteiger partial charge < -0.3 is 10.3 Å². The van der Waals surface area contributed by atoms with E-state index in [1.54, 1.807) is 0 Å². The second-order valence-corrected chi connectivity index (χ2v) is 4.76. The molecule has 84 valence electrons. The summed E-state index contributed by atoms with van der Waals surface area (Å²) < 4.78 is 0.965. The van der Waals surface area contributed by atoms with Gasteiger partial charge in [-0.25, -0.2) is 0 Å². The highest BCUT2D eigenvalue weighted by molar-refractivity contribution is 9.10. The average Bonchev–Trinajstić information content (AvgIpc) is 2.90. The van der Waals surface area contributed by atoms with Crippen LogP contribution in [0.2, 0.25) is 0 Å². The molecule has 0 saturated carbocycles. The van der Waals surface area contributed by atoms with Gasteiger partial charge in [0, 0.05) is 33.7 Å². The Morgan fingerprint density at radius 1 is 1.24 bits per heavy atom. The van der Waals surface area contributed by atoms with Crippen molar-refractivity contribution in [3.8, 4) is 0 Å². The molecule has 2 N–H and O–H groups in total. The van der Waals surface area contributed by atoms with Crippen molar-refractivity contribution in [2.45, 2.75) is 0 Å². The molecule has 0 bridgehead atoms. The Morgan fingerprint density at radius 2 is 2.12 bits per heavy atom. The molecule has 1 aromatic heterocycles. The van der Waals surface area contributed by atoms with Gasteiger partial charge in [-0.15, -0.1) is 0 Å². The highest BCUT2D eigenvalue weighted by atomic mass is 79.9. The molecule has 1 aliphatic rings. The summed E-state index contributed by atoms with van der Waals surface area (Å²) in [5.74, 6) is -0.0562. The number of rotatable bonds is 1. The number of fused-ring (bicyclic) bond motifs is 1. The molecule has 17 heavy (non-hydrogen) atoms. The topological polar surface area (TPSA) is 44.9 Å². The second-order valence-electron chi connectivity index (χ2n) is 3.85. The van der Waals surface area contributed by atoms with E-state index < -0.39 is 0 Å². The van der Waals surface area contributed by atoms with E-state index in [0.29, 0.717) is 5.57 Å². The summed E-state index contributed by atoms with van der Waals surface area (Å²) in [5, 5.41) is 2.85. The molecule has 0 aliphatic carbocycles. The van der Waals surface area contributed by atoms with E-state index in [4.69, 9.17) is 0 Å². The Hall–Kier alpha value is -1.81. The van der Waals surface area contributed by atoms with Crippen LogP contribution >= 0.6 is 15.9 Å². The van der Waals surface area contributed by atoms with Gasteiger partial charge in [-0.1, -0.05) is 15.9 Å². The number of halogens is 1. The minimum atomic E-state index is -0.0562. The first-order chi connectivity index (χ1) is 8.24. The Labute approximate surface area is 107 Å². The van der Waals surface area contributed by atoms with Crippen LogP contribution in [0.1, 0.15) is 11.1 Å². The van der Waals surface area contributed by atoms with Crippen molar-refractivity contribution in [1.82, 2.24) is 4.98 Å². The van der Waals surface area contributed by atoms with Crippen molar-refractivity contribution in [2.75, 3.05) is 5.32 Å². The first kappa shape index (κ1) is 10.4. The van der Waals surface area contributed by atoms with E-state index in [-0.39, 0.29) is 5.91 Å². The number of amides is 1. The predicted molar refractivity (Wildman–Crippen MR) is 71.4 cm³/mol. The van der Waals surface area contributed by atoms with Gasteiger partial charge in [-0.3, -0.25) is 4.79 Å². The van der Waals surface area contributed by atoms with E-state index in [0.717, 1.165) is 21.3 Å². The normalized spacial score (nSPS) is 16.1. The van der Waals surface area contributed by atoms with Crippen LogP contribution in [0.5, 0.6) is 0 Å². The van der Waals surface area contributed by atoms with Crippen LogP contribution in [0.3, 0.4) is 0 Å². The van der Waals surface area contributed by atoms with Crippen LogP contribution in [0.15, 0.2) is 41.1 Å². The third-order valence-electron chi connectivity index (χ3n) is 2.70. The van der Waals surface area contributed by atoms with Crippen molar-refractivity contribution >= 4 is 39.2 Å². The maximum atomic E-state index is 11.9. The number of aromatic amines is 1. The number of hydrogen-bond donors (Lipinski definition) is 2. The second kappa shape index (κ2) is 3.89. The molecular weight excluding hydrogens is 280 g/mol. The molecule has 0 atom stereocenters. The third kappa shape index (κ3) is 1.80. The van der Waals surface area contributed by atoms with E-state index in [2.05, 4.69) is 26.2 Å². The Bertz CT molecular complexity index is 614. The highest BCUT2D eigenvalue weighted by Crippen LogP contribution is 2.34. The maximum absolute atomic E-state index is 11.9. The molecule has 2 heterocycles. The van der Waals surface area contributed by atoms with E-state index in [1.165, 1.54) is 0 Å². The lowest BCUT2D eigenvalue weighted by Crippen LogP contribution is -2.03. The SMILES string of the molecule is O=C1Nc2ccc(Br)cc2/C1=C/c1cc[nH]c1. The molecule has 1 amide bonds. The summed E-state index contributed by atoms with van der Waals surface area (Å²) in [7, 11) is 0. The zero-order valence-corrected chi connectivity index (χ0v) is 10.4. The summed E-state index contributed by atoms with van der Waals surface area (Å²) in [5.41, 5.74) is 3.48. The lowest BCUT2D eigenvalue weighted by Gasteiger charge is -1.98. The van der Waals surface area contributed by atoms with Crippen molar-refractivity contribution in [3.63, 3.8) is 0 Å². The molecule has 0 spiro atoms. The van der Waals surface area contributed by atoms with Crippen LogP contribution in [0.4, 0.5) is 5.69 Å². The molecule has 1 aliphatic heterocycles. The number of benzene rings is 1. The van der Waals surface area contributed by atoms with Crippen LogP contribution in [-0.4, -0.2) is 10.9 Å². The Morgan fingerprint density at radius 3 is 2.88 bits per heavy atom. The third-order valence-corrected chi connectivity index (χ3v) is 3.19. The average molecular weight is 289 g/mol. The molecule has 3 nitrogen and oxygen atoms in total. The smallest absolute Gasteiger partial charge is 0.256 e. The van der Waals surface area contributed by atoms with Crippen LogP contribution in [0, 0.1) is 0 Å². The Balaban J connectivity index is 2.13. The van der Waals surface area contributed by atoms with E-state index in [1.807, 2.05) is 42.7 Å². The lowest BCUT2D eigenvalue weighted by atomic mass is 10.1. The zero-order chi connectivity index (χ0) is 11.8. The minimum absolute atomic E-state index is 0.0562. The molecule has 0 saturated heterocycles. The number of anilines is 1. The number of aromatic nitrogens is 1. The van der Waals surface area contributed by atoms with Crippen LogP contribution in [-0.2, 0) is 4.79 Å². The van der Waals surface area contributed by atoms with Gasteiger partial charge in [0.2, 0.25) is 0 Å². The number of carbonyl (C=O) groups excluding carboxylic acids is 1. The zero-order valence-electron chi connectivity index (χ0n) is 8.83. The van der Waals surface area contributed by atoms with Crippen molar-refractivity contribution in [2.24, 2.45) is 0 Å². The van der Waals surface area contributed by atoms with Crippen LogP contribution < -0.4 is 5.32 Å². The fraction of sp³-hybridized carbons (Fsp3) is 0. The fourth-order valence-electron chi connectivity index (χ4n) is 1.90. The number of carbonyl (C=O) groups is 1. The molecule has 0 fully saturated rings. The summed E-state index contributed by atoms with van der Waals surface area (Å²) in [6.45, 7) is 0. The van der Waals surface area contributed by atoms with Crippen LogP contribution in [0.25, 0.3) is 11.6 Å². The van der Waals surface area contributed by atoms with Gasteiger partial charge in [-0.05, 0) is 35.9 Å². The first-order valence-electron chi connectivity index (χ1n) is 5.20. The molecule has 0 radical (unpaired) electrons. The fourth-order valence-corrected chi connectivity index (χ4v) is 2.26. The highest BCUT2D eigenvalue weighted by Gasteiger charge is 2.23. The predicted octanol–water partition coefficient (Wildman–Crippen LogP) is 3.27. The summed E-state index contributed by atoms with van der Waals surface area (Å²) in [4.78, 5) is 14.8. The molecule has 0 unspecified atom stereocenters. The van der Waals surface area contributed by atoms with E-state index in [9.17, 15) is 4.79 Å². The van der Waals surface area contributed by atoms with Crippen molar-refractivity contribution in [3.05, 3.63) is 52.3 Å². The van der Waals surface area contributed by atoms with E-state index >= 15 is 0 Å². The van der Waals surface area contributed by atoms with Crippen molar-refractivity contribution in [1.29, 1.82) is 0 Å². The molecule has 1 aromatic carbocycles. The summed E-state index contributed by atoms with van der Waals surface area (Å²) in [6.07, 6.45) is 5.57. The molecule has 2 aromatic rings. The number of hydrogen-bond acceptors (Lipinski definition) is 1. The summed E-state index contributed by atoms with van der Waals surface area (Å²) in [6, 6.07) is 7.69. The maximum Gasteiger partial charge on any atom is 0.256 e. The van der Waals surface area contributed by atoms with Gasteiger partial charge in [-0.2, -0.15) is 0 Å². The van der Waals surface area contributed by atoms with Crippen molar-refractivity contribution < 1.29 is 4.79 Å². The van der Waals surface area contributed by atoms with Gasteiger partial charge >= 0.3 is 0 Å². The molecular formula is C13H9BrN2O. The lowest BCUT2D eigenvalue weighted by molar-refractivity contribution is -0.110. The van der Waals surface area contributed by atoms with Gasteiger partial charge in [0.05, 0.1) is 0 Å². The van der Waals surface area contributed by atoms with Gasteiger partial charge in [0.1, 0.15) is 0 Å². The Kier molecular flexibility index (Phi) is 2.37. The first-order valence-corrected chi connectivity index (χ1v) is 5.99. The quantitative estimate of drug-likeness (QED) is 0.777. The monoisotopic (exact) mass is 288 g/mol. The summed E-state index contributed by atoms with van der Waals surface area (Å²) >= 11 is 3.42. The molecule has 3 rings (SSSR count). The minimum Gasteiger partial charge on any atom is -0.367 e.